The smallest absolute Gasteiger partial charge is 0.0733 e. The van der Waals surface area contributed by atoms with Crippen LogP contribution < -0.4 is 5.11 Å². The SMILES string of the molecule is Cc1nc2ccc(Br)cc2c(C(=O)[O-])c1I. The molecule has 2 aromatic rings. The van der Waals surface area contributed by atoms with E-state index in [-0.39, 0.29) is 5.56 Å². The first kappa shape index (κ1) is 11.8. The highest BCUT2D eigenvalue weighted by molar-refractivity contribution is 14.1. The van der Waals surface area contributed by atoms with Crippen LogP contribution in [-0.2, 0) is 0 Å². The van der Waals surface area contributed by atoms with Gasteiger partial charge in [0.1, 0.15) is 0 Å². The molecule has 1 aromatic carbocycles. The lowest BCUT2D eigenvalue weighted by atomic mass is 10.1. The summed E-state index contributed by atoms with van der Waals surface area (Å²) in [5.74, 6) is -1.17. The maximum Gasteiger partial charge on any atom is 0.0733 e. The van der Waals surface area contributed by atoms with Crippen molar-refractivity contribution in [1.29, 1.82) is 0 Å². The maximum absolute atomic E-state index is 11.1. The molecule has 0 atom stereocenters. The molecule has 0 radical (unpaired) electrons. The van der Waals surface area contributed by atoms with E-state index in [1.54, 1.807) is 19.1 Å². The predicted molar refractivity (Wildman–Crippen MR) is 71.2 cm³/mol. The number of fused-ring (bicyclic) bond motifs is 1. The van der Waals surface area contributed by atoms with Crippen LogP contribution in [0.5, 0.6) is 0 Å². The summed E-state index contributed by atoms with van der Waals surface area (Å²) in [6, 6.07) is 5.37. The third-order valence-electron chi connectivity index (χ3n) is 2.26. The zero-order valence-electron chi connectivity index (χ0n) is 8.25. The van der Waals surface area contributed by atoms with Crippen molar-refractivity contribution in [2.45, 2.75) is 6.92 Å². The van der Waals surface area contributed by atoms with Crippen molar-refractivity contribution in [2.24, 2.45) is 0 Å². The van der Waals surface area contributed by atoms with Crippen LogP contribution in [0.4, 0.5) is 0 Å². The number of aromatic carboxylic acids is 1. The summed E-state index contributed by atoms with van der Waals surface area (Å²) in [5, 5.41) is 11.7. The Balaban J connectivity index is 2.96. The fourth-order valence-electron chi connectivity index (χ4n) is 1.53. The number of hydrogen-bond acceptors (Lipinski definition) is 3. The molecule has 0 fully saturated rings. The van der Waals surface area contributed by atoms with Crippen LogP contribution in [0.2, 0.25) is 0 Å². The van der Waals surface area contributed by atoms with Crippen molar-refractivity contribution < 1.29 is 9.90 Å². The molecule has 1 heterocycles. The van der Waals surface area contributed by atoms with E-state index < -0.39 is 5.97 Å². The molecule has 0 unspecified atom stereocenters. The Bertz CT molecular complexity index is 598. The molecule has 0 aliphatic carbocycles. The first-order valence-electron chi connectivity index (χ1n) is 4.47. The monoisotopic (exact) mass is 390 g/mol. The highest BCUT2D eigenvalue weighted by Gasteiger charge is 2.11. The highest BCUT2D eigenvalue weighted by Crippen LogP contribution is 2.26. The second kappa shape index (κ2) is 4.29. The molecular formula is C11H6BrINO2-. The standard InChI is InChI=1S/C11H7BrINO2/c1-5-10(13)9(11(15)16)7-4-6(12)2-3-8(7)14-5/h2-4H,1H3,(H,15,16)/p-1. The van der Waals surface area contributed by atoms with Crippen LogP contribution in [0.3, 0.4) is 0 Å². The summed E-state index contributed by atoms with van der Waals surface area (Å²) < 4.78 is 1.45. The third-order valence-corrected chi connectivity index (χ3v) is 4.07. The van der Waals surface area contributed by atoms with E-state index in [2.05, 4.69) is 20.9 Å². The van der Waals surface area contributed by atoms with Crippen molar-refractivity contribution in [3.8, 4) is 0 Å². The summed E-state index contributed by atoms with van der Waals surface area (Å²) in [6.07, 6.45) is 0. The minimum atomic E-state index is -1.17. The lowest BCUT2D eigenvalue weighted by molar-refractivity contribution is -0.254. The van der Waals surface area contributed by atoms with Crippen LogP contribution in [-0.4, -0.2) is 11.0 Å². The quantitative estimate of drug-likeness (QED) is 0.702. The molecule has 0 spiro atoms. The van der Waals surface area contributed by atoms with Gasteiger partial charge < -0.3 is 9.90 Å². The van der Waals surface area contributed by atoms with Gasteiger partial charge in [0, 0.05) is 19.0 Å². The Morgan fingerprint density at radius 1 is 1.50 bits per heavy atom. The van der Waals surface area contributed by atoms with E-state index >= 15 is 0 Å². The summed E-state index contributed by atoms with van der Waals surface area (Å²) in [5.41, 5.74) is 1.58. The van der Waals surface area contributed by atoms with Crippen LogP contribution in [0, 0.1) is 10.5 Å². The van der Waals surface area contributed by atoms with Crippen molar-refractivity contribution >= 4 is 55.4 Å². The molecule has 2 rings (SSSR count). The number of carboxylic acids is 1. The summed E-state index contributed by atoms with van der Waals surface area (Å²) in [6.45, 7) is 1.79. The van der Waals surface area contributed by atoms with Gasteiger partial charge in [-0.2, -0.15) is 0 Å². The van der Waals surface area contributed by atoms with E-state index in [1.807, 2.05) is 28.7 Å². The Morgan fingerprint density at radius 2 is 2.19 bits per heavy atom. The number of benzene rings is 1. The van der Waals surface area contributed by atoms with Gasteiger partial charge in [0.25, 0.3) is 0 Å². The van der Waals surface area contributed by atoms with E-state index in [9.17, 15) is 9.90 Å². The van der Waals surface area contributed by atoms with Crippen LogP contribution >= 0.6 is 38.5 Å². The van der Waals surface area contributed by atoms with E-state index in [0.717, 1.165) is 4.47 Å². The van der Waals surface area contributed by atoms with Crippen molar-refractivity contribution in [3.63, 3.8) is 0 Å². The maximum atomic E-state index is 11.1. The summed E-state index contributed by atoms with van der Waals surface area (Å²) in [4.78, 5) is 15.5. The number of nitrogens with zero attached hydrogens (tertiary/aromatic N) is 1. The average Bonchev–Trinajstić information content (AvgIpc) is 2.20. The average molecular weight is 391 g/mol. The zero-order chi connectivity index (χ0) is 11.9. The second-order valence-electron chi connectivity index (χ2n) is 3.34. The molecule has 1 aromatic heterocycles. The molecule has 16 heavy (non-hydrogen) atoms. The Hall–Kier alpha value is -0.690. The highest BCUT2D eigenvalue weighted by atomic mass is 127. The number of pyridine rings is 1. The van der Waals surface area contributed by atoms with Crippen molar-refractivity contribution in [2.75, 3.05) is 0 Å². The molecule has 0 aliphatic rings. The van der Waals surface area contributed by atoms with Crippen molar-refractivity contribution in [1.82, 2.24) is 4.98 Å². The number of hydrogen-bond donors (Lipinski definition) is 0. The van der Waals surface area contributed by atoms with Crippen LogP contribution in [0.15, 0.2) is 22.7 Å². The lowest BCUT2D eigenvalue weighted by Crippen LogP contribution is -2.24. The minimum Gasteiger partial charge on any atom is -0.545 e. The van der Waals surface area contributed by atoms with Gasteiger partial charge >= 0.3 is 0 Å². The molecule has 0 aliphatic heterocycles. The Labute approximate surface area is 114 Å². The molecule has 0 saturated carbocycles. The molecule has 5 heteroatoms. The molecular weight excluding hydrogens is 385 g/mol. The van der Waals surface area contributed by atoms with Gasteiger partial charge in [-0.05, 0) is 47.7 Å². The lowest BCUT2D eigenvalue weighted by Gasteiger charge is -2.12. The van der Waals surface area contributed by atoms with Crippen LogP contribution in [0.1, 0.15) is 16.1 Å². The largest absolute Gasteiger partial charge is 0.545 e. The first-order chi connectivity index (χ1) is 7.50. The molecule has 3 nitrogen and oxygen atoms in total. The normalized spacial score (nSPS) is 10.7. The topological polar surface area (TPSA) is 53.0 Å². The molecule has 82 valence electrons. The number of carboxylic acid groups (broad SMARTS) is 1. The van der Waals surface area contributed by atoms with Gasteiger partial charge in [-0.25, -0.2) is 0 Å². The number of aryl methyl sites for hydroxylation is 1. The number of rotatable bonds is 1. The van der Waals surface area contributed by atoms with Gasteiger partial charge in [0.2, 0.25) is 0 Å². The fourth-order valence-corrected chi connectivity index (χ4v) is 2.53. The van der Waals surface area contributed by atoms with Gasteiger partial charge in [-0.3, -0.25) is 4.98 Å². The van der Waals surface area contributed by atoms with Gasteiger partial charge in [0.15, 0.2) is 0 Å². The number of halogens is 2. The molecule has 0 amide bonds. The molecule has 0 saturated heterocycles. The minimum absolute atomic E-state index is 0.212. The summed E-state index contributed by atoms with van der Waals surface area (Å²) >= 11 is 5.30. The molecule has 0 bridgehead atoms. The van der Waals surface area contributed by atoms with Gasteiger partial charge in [-0.1, -0.05) is 15.9 Å². The molecule has 0 N–H and O–H groups in total. The fraction of sp³-hybridized carbons (Fsp3) is 0.0909. The van der Waals surface area contributed by atoms with E-state index in [1.165, 1.54) is 0 Å². The number of carbonyl (C=O) groups excluding carboxylic acids is 1. The summed E-state index contributed by atoms with van der Waals surface area (Å²) in [7, 11) is 0. The third kappa shape index (κ3) is 1.93. The Kier molecular flexibility index (Phi) is 3.16. The zero-order valence-corrected chi connectivity index (χ0v) is 12.0. The first-order valence-corrected chi connectivity index (χ1v) is 6.34. The van der Waals surface area contributed by atoms with E-state index in [0.29, 0.717) is 20.2 Å². The van der Waals surface area contributed by atoms with Crippen molar-refractivity contribution in [3.05, 3.63) is 37.5 Å². The van der Waals surface area contributed by atoms with Gasteiger partial charge in [0.05, 0.1) is 17.2 Å². The van der Waals surface area contributed by atoms with Crippen LogP contribution in [0.25, 0.3) is 10.9 Å². The predicted octanol–water partition coefficient (Wildman–Crippen LogP) is 2.27. The second-order valence-corrected chi connectivity index (χ2v) is 5.33. The van der Waals surface area contributed by atoms with Gasteiger partial charge in [-0.15, -0.1) is 0 Å². The Morgan fingerprint density at radius 3 is 2.81 bits per heavy atom. The number of aromatic nitrogens is 1. The van der Waals surface area contributed by atoms with E-state index in [4.69, 9.17) is 0 Å². The number of carbonyl (C=O) groups is 1.